The largest absolute Gasteiger partial charge is 0.464 e. The highest BCUT2D eigenvalue weighted by Crippen LogP contribution is 2.37. The van der Waals surface area contributed by atoms with Crippen molar-refractivity contribution in [2.45, 2.75) is 52.0 Å². The molecule has 0 aromatic heterocycles. The molecule has 1 aliphatic rings. The van der Waals surface area contributed by atoms with Gasteiger partial charge in [-0.1, -0.05) is 50.2 Å². The monoisotopic (exact) mass is 408 g/mol. The van der Waals surface area contributed by atoms with Crippen molar-refractivity contribution in [3.63, 3.8) is 0 Å². The molecule has 160 valence electrons. The summed E-state index contributed by atoms with van der Waals surface area (Å²) in [5, 5.41) is 0. The zero-order valence-electron chi connectivity index (χ0n) is 18.3. The van der Waals surface area contributed by atoms with Gasteiger partial charge < -0.3 is 9.64 Å². The Morgan fingerprint density at radius 1 is 0.967 bits per heavy atom. The Labute approximate surface area is 179 Å². The summed E-state index contributed by atoms with van der Waals surface area (Å²) in [7, 11) is 0. The average molecular weight is 409 g/mol. The van der Waals surface area contributed by atoms with Crippen LogP contribution in [0.3, 0.4) is 0 Å². The highest BCUT2D eigenvalue weighted by Gasteiger charge is 2.50. The van der Waals surface area contributed by atoms with E-state index in [0.717, 1.165) is 12.1 Å². The minimum Gasteiger partial charge on any atom is -0.464 e. The average Bonchev–Trinajstić information content (AvgIpc) is 2.80. The first-order valence-electron chi connectivity index (χ1n) is 11.0. The lowest BCUT2D eigenvalue weighted by Gasteiger charge is -2.47. The molecule has 1 saturated heterocycles. The molecule has 0 radical (unpaired) electrons. The Bertz CT molecular complexity index is 858. The molecule has 5 nitrogen and oxygen atoms in total. The van der Waals surface area contributed by atoms with Crippen LogP contribution in [0.4, 0.5) is 11.4 Å². The number of esters is 1. The zero-order chi connectivity index (χ0) is 21.6. The summed E-state index contributed by atoms with van der Waals surface area (Å²) < 4.78 is 5.52. The maximum absolute atomic E-state index is 13.3. The number of aryl methyl sites for hydroxylation is 1. The number of nitrogens with zero attached hydrogens (tertiary/aromatic N) is 2. The first-order valence-corrected chi connectivity index (χ1v) is 11.0. The van der Waals surface area contributed by atoms with Crippen LogP contribution in [-0.2, 0) is 20.7 Å². The van der Waals surface area contributed by atoms with Crippen molar-refractivity contribution < 1.29 is 14.3 Å². The molecule has 0 saturated carbocycles. The van der Waals surface area contributed by atoms with E-state index in [0.29, 0.717) is 39.0 Å². The van der Waals surface area contributed by atoms with Crippen LogP contribution < -0.4 is 9.80 Å². The van der Waals surface area contributed by atoms with Crippen LogP contribution in [0.1, 0.15) is 45.6 Å². The highest BCUT2D eigenvalue weighted by molar-refractivity contribution is 6.02. The summed E-state index contributed by atoms with van der Waals surface area (Å²) in [5.74, 6) is -0.365. The third kappa shape index (κ3) is 4.20. The molecule has 1 fully saturated rings. The Hall–Kier alpha value is -2.82. The molecule has 2 aromatic rings. The van der Waals surface area contributed by atoms with E-state index in [-0.39, 0.29) is 11.9 Å². The first kappa shape index (κ1) is 21.9. The van der Waals surface area contributed by atoms with Gasteiger partial charge in [0, 0.05) is 30.9 Å². The van der Waals surface area contributed by atoms with Gasteiger partial charge in [-0.25, -0.2) is 4.79 Å². The van der Waals surface area contributed by atoms with Crippen molar-refractivity contribution in [3.05, 3.63) is 60.2 Å². The molecule has 0 bridgehead atoms. The lowest BCUT2D eigenvalue weighted by molar-refractivity contribution is -0.152. The van der Waals surface area contributed by atoms with E-state index in [9.17, 15) is 9.59 Å². The van der Waals surface area contributed by atoms with Gasteiger partial charge in [-0.3, -0.25) is 9.69 Å². The van der Waals surface area contributed by atoms with Gasteiger partial charge in [-0.2, -0.15) is 0 Å². The van der Waals surface area contributed by atoms with Crippen LogP contribution in [0.2, 0.25) is 0 Å². The SMILES string of the molecule is CCOC(=O)C1(N(C(=O)CC)c2ccccc2)CCN(c2ccccc2CC)CC1. The molecule has 30 heavy (non-hydrogen) atoms. The number of carbonyl (C=O) groups excluding carboxylic acids is 2. The van der Waals surface area contributed by atoms with E-state index < -0.39 is 5.54 Å². The number of hydrogen-bond acceptors (Lipinski definition) is 4. The molecular weight excluding hydrogens is 376 g/mol. The van der Waals surface area contributed by atoms with Crippen LogP contribution >= 0.6 is 0 Å². The number of rotatable bonds is 7. The second-order valence-electron chi connectivity index (χ2n) is 7.64. The molecule has 0 aliphatic carbocycles. The molecule has 0 N–H and O–H groups in total. The van der Waals surface area contributed by atoms with Gasteiger partial charge in [0.25, 0.3) is 0 Å². The number of anilines is 2. The fraction of sp³-hybridized carbons (Fsp3) is 0.440. The van der Waals surface area contributed by atoms with Gasteiger partial charge >= 0.3 is 5.97 Å². The van der Waals surface area contributed by atoms with Gasteiger partial charge in [0.1, 0.15) is 5.54 Å². The van der Waals surface area contributed by atoms with Crippen LogP contribution in [0.5, 0.6) is 0 Å². The fourth-order valence-corrected chi connectivity index (χ4v) is 4.39. The van der Waals surface area contributed by atoms with Crippen LogP contribution in [0.15, 0.2) is 54.6 Å². The smallest absolute Gasteiger partial charge is 0.332 e. The van der Waals surface area contributed by atoms with Crippen molar-refractivity contribution in [2.75, 3.05) is 29.5 Å². The summed E-state index contributed by atoms with van der Waals surface area (Å²) in [4.78, 5) is 30.4. The number of para-hydroxylation sites is 2. The van der Waals surface area contributed by atoms with E-state index >= 15 is 0 Å². The molecule has 1 aliphatic heterocycles. The number of amides is 1. The third-order valence-electron chi connectivity index (χ3n) is 5.95. The molecule has 0 atom stereocenters. The van der Waals surface area contributed by atoms with E-state index in [1.54, 1.807) is 4.90 Å². The summed E-state index contributed by atoms with van der Waals surface area (Å²) in [6.45, 7) is 7.48. The highest BCUT2D eigenvalue weighted by atomic mass is 16.5. The van der Waals surface area contributed by atoms with Crippen molar-refractivity contribution in [1.82, 2.24) is 0 Å². The Morgan fingerprint density at radius 3 is 2.20 bits per heavy atom. The maximum atomic E-state index is 13.3. The second kappa shape index (κ2) is 9.79. The van der Waals surface area contributed by atoms with E-state index in [1.807, 2.05) is 44.2 Å². The predicted octanol–water partition coefficient (Wildman–Crippen LogP) is 4.59. The Kier molecular flexibility index (Phi) is 7.14. The van der Waals surface area contributed by atoms with Gasteiger partial charge in [0.15, 0.2) is 0 Å². The molecule has 2 aromatic carbocycles. The zero-order valence-corrected chi connectivity index (χ0v) is 18.3. The minimum atomic E-state index is -0.984. The number of hydrogen-bond donors (Lipinski definition) is 0. The van der Waals surface area contributed by atoms with Crippen molar-refractivity contribution >= 4 is 23.3 Å². The van der Waals surface area contributed by atoms with Crippen molar-refractivity contribution in [1.29, 1.82) is 0 Å². The van der Waals surface area contributed by atoms with E-state index in [4.69, 9.17) is 4.74 Å². The van der Waals surface area contributed by atoms with Gasteiger partial charge in [0.2, 0.25) is 5.91 Å². The van der Waals surface area contributed by atoms with Crippen LogP contribution in [-0.4, -0.2) is 37.1 Å². The standard InChI is InChI=1S/C25H32N2O3/c1-4-20-12-10-11-15-22(20)26-18-16-25(17-19-26,24(29)30-6-3)27(23(28)5-2)21-13-8-7-9-14-21/h7-15H,4-6,16-19H2,1-3H3. The van der Waals surface area contributed by atoms with Crippen molar-refractivity contribution in [2.24, 2.45) is 0 Å². The number of piperidine rings is 1. The van der Waals surface area contributed by atoms with Crippen LogP contribution in [0.25, 0.3) is 0 Å². The first-order chi connectivity index (χ1) is 14.6. The number of ether oxygens (including phenoxy) is 1. The summed E-state index contributed by atoms with van der Waals surface area (Å²) in [6.07, 6.45) is 2.35. The number of carbonyl (C=O) groups is 2. The topological polar surface area (TPSA) is 49.9 Å². The summed E-state index contributed by atoms with van der Waals surface area (Å²) in [5.41, 5.74) is 2.28. The van der Waals surface area contributed by atoms with Gasteiger partial charge in [-0.05, 0) is 49.9 Å². The molecule has 1 heterocycles. The normalized spacial score (nSPS) is 15.5. The van der Waals surface area contributed by atoms with E-state index in [2.05, 4.69) is 36.1 Å². The quantitative estimate of drug-likeness (QED) is 0.629. The molecule has 3 rings (SSSR count). The third-order valence-corrected chi connectivity index (χ3v) is 5.95. The van der Waals surface area contributed by atoms with E-state index in [1.165, 1.54) is 11.3 Å². The predicted molar refractivity (Wildman–Crippen MR) is 121 cm³/mol. The van der Waals surface area contributed by atoms with Crippen LogP contribution in [0, 0.1) is 0 Å². The fourth-order valence-electron chi connectivity index (χ4n) is 4.39. The number of benzene rings is 2. The summed E-state index contributed by atoms with van der Waals surface area (Å²) in [6, 6.07) is 17.9. The molecule has 0 spiro atoms. The van der Waals surface area contributed by atoms with Gasteiger partial charge in [-0.15, -0.1) is 0 Å². The Morgan fingerprint density at radius 2 is 1.60 bits per heavy atom. The summed E-state index contributed by atoms with van der Waals surface area (Å²) >= 11 is 0. The maximum Gasteiger partial charge on any atom is 0.332 e. The molecule has 5 heteroatoms. The van der Waals surface area contributed by atoms with Crippen molar-refractivity contribution in [3.8, 4) is 0 Å². The second-order valence-corrected chi connectivity index (χ2v) is 7.64. The molecule has 1 amide bonds. The minimum absolute atomic E-state index is 0.0586. The van der Waals surface area contributed by atoms with Gasteiger partial charge in [0.05, 0.1) is 6.61 Å². The molecular formula is C25H32N2O3. The lowest BCUT2D eigenvalue weighted by Crippen LogP contribution is -2.63. The molecule has 0 unspecified atom stereocenters. The Balaban J connectivity index is 1.97. The lowest BCUT2D eigenvalue weighted by atomic mass is 9.84.